The molecule has 1 amide bonds. The summed E-state index contributed by atoms with van der Waals surface area (Å²) in [5, 5.41) is 9.81. The van der Waals surface area contributed by atoms with Crippen molar-refractivity contribution >= 4 is 35.1 Å². The van der Waals surface area contributed by atoms with E-state index in [9.17, 15) is 14.7 Å². The molecule has 0 aromatic heterocycles. The third-order valence-electron chi connectivity index (χ3n) is 3.04. The molecule has 1 unspecified atom stereocenters. The third-order valence-corrected chi connectivity index (χ3v) is 3.85. The molecular formula is C12H13Cl2NO3. The molecule has 1 rings (SSSR count). The Hall–Kier alpha value is -1.26. The van der Waals surface area contributed by atoms with Crippen LogP contribution in [0.2, 0.25) is 10.0 Å². The minimum absolute atomic E-state index is 0.136. The first-order chi connectivity index (χ1) is 8.22. The highest BCUT2D eigenvalue weighted by Crippen LogP contribution is 2.36. The molecule has 0 radical (unpaired) electrons. The van der Waals surface area contributed by atoms with Crippen LogP contribution in [0.1, 0.15) is 19.4 Å². The molecule has 0 spiro atoms. The lowest BCUT2D eigenvalue weighted by molar-refractivity contribution is -0.156. The van der Waals surface area contributed by atoms with E-state index < -0.39 is 11.5 Å². The number of amides is 1. The highest BCUT2D eigenvalue weighted by atomic mass is 35.5. The quantitative estimate of drug-likeness (QED) is 0.931. The van der Waals surface area contributed by atoms with Crippen molar-refractivity contribution < 1.29 is 14.7 Å². The molecule has 1 atom stereocenters. The van der Waals surface area contributed by atoms with Crippen LogP contribution in [0.15, 0.2) is 18.2 Å². The molecule has 0 aliphatic rings. The molecule has 0 bridgehead atoms. The fourth-order valence-corrected chi connectivity index (χ4v) is 2.12. The molecule has 1 aromatic rings. The van der Waals surface area contributed by atoms with Gasteiger partial charge in [-0.1, -0.05) is 35.3 Å². The van der Waals surface area contributed by atoms with Gasteiger partial charge in [0.05, 0.1) is 10.0 Å². The van der Waals surface area contributed by atoms with E-state index in [1.54, 1.807) is 18.2 Å². The second kappa shape index (κ2) is 5.16. The summed E-state index contributed by atoms with van der Waals surface area (Å²) < 4.78 is 0. The van der Waals surface area contributed by atoms with Crippen molar-refractivity contribution in [2.45, 2.75) is 19.4 Å². The first kappa shape index (κ1) is 14.8. The number of halogens is 2. The molecule has 6 heteroatoms. The van der Waals surface area contributed by atoms with Crippen molar-refractivity contribution in [3.63, 3.8) is 0 Å². The molecule has 0 saturated heterocycles. The van der Waals surface area contributed by atoms with Crippen molar-refractivity contribution in [1.82, 2.24) is 4.90 Å². The van der Waals surface area contributed by atoms with Gasteiger partial charge in [0, 0.05) is 19.5 Å². The lowest BCUT2D eigenvalue weighted by Gasteiger charge is -2.35. The van der Waals surface area contributed by atoms with Crippen LogP contribution in [0, 0.1) is 0 Å². The van der Waals surface area contributed by atoms with E-state index in [1.807, 2.05) is 0 Å². The zero-order valence-corrected chi connectivity index (χ0v) is 11.7. The van der Waals surface area contributed by atoms with Crippen LogP contribution in [0.4, 0.5) is 0 Å². The maximum Gasteiger partial charge on any atom is 0.334 e. The molecule has 4 nitrogen and oxygen atoms in total. The van der Waals surface area contributed by atoms with Crippen molar-refractivity contribution in [2.24, 2.45) is 0 Å². The largest absolute Gasteiger partial charge is 0.479 e. The van der Waals surface area contributed by atoms with Gasteiger partial charge in [0.2, 0.25) is 5.91 Å². The summed E-state index contributed by atoms with van der Waals surface area (Å²) in [6, 6.07) is 4.70. The van der Waals surface area contributed by atoms with Crippen molar-refractivity contribution in [3.8, 4) is 0 Å². The Kier molecular flexibility index (Phi) is 4.24. The van der Waals surface area contributed by atoms with Crippen LogP contribution in [0.3, 0.4) is 0 Å². The van der Waals surface area contributed by atoms with Gasteiger partial charge in [-0.3, -0.25) is 4.79 Å². The standard InChI is InChI=1S/C12H13Cl2NO3/c1-7(16)15(3)12(2,11(17)18)8-5-4-6-9(13)10(8)14/h4-6H,1-3H3,(H,17,18). The minimum Gasteiger partial charge on any atom is -0.479 e. The SMILES string of the molecule is CC(=O)N(C)C(C)(C(=O)O)c1cccc(Cl)c1Cl. The summed E-state index contributed by atoms with van der Waals surface area (Å²) >= 11 is 11.9. The van der Waals surface area contributed by atoms with E-state index in [0.29, 0.717) is 0 Å². The minimum atomic E-state index is -1.56. The number of nitrogens with zero attached hydrogens (tertiary/aromatic N) is 1. The molecule has 0 saturated carbocycles. The Morgan fingerprint density at radius 1 is 1.33 bits per heavy atom. The van der Waals surface area contributed by atoms with Crippen LogP contribution in [0.5, 0.6) is 0 Å². The summed E-state index contributed by atoms with van der Waals surface area (Å²) in [7, 11) is 1.41. The van der Waals surface area contributed by atoms with Crippen LogP contribution in [0.25, 0.3) is 0 Å². The van der Waals surface area contributed by atoms with E-state index in [1.165, 1.54) is 20.9 Å². The fourth-order valence-electron chi connectivity index (χ4n) is 1.63. The van der Waals surface area contributed by atoms with E-state index in [2.05, 4.69) is 0 Å². The van der Waals surface area contributed by atoms with Gasteiger partial charge >= 0.3 is 5.97 Å². The number of carbonyl (C=O) groups is 2. The van der Waals surface area contributed by atoms with Gasteiger partial charge in [-0.15, -0.1) is 0 Å². The Labute approximate surface area is 115 Å². The summed E-state index contributed by atoms with van der Waals surface area (Å²) in [5.74, 6) is -1.56. The van der Waals surface area contributed by atoms with Gasteiger partial charge in [-0.25, -0.2) is 4.79 Å². The first-order valence-electron chi connectivity index (χ1n) is 5.15. The van der Waals surface area contributed by atoms with Crippen molar-refractivity contribution in [2.75, 3.05) is 7.05 Å². The number of carboxylic acid groups (broad SMARTS) is 1. The van der Waals surface area contributed by atoms with Crippen LogP contribution >= 0.6 is 23.2 Å². The molecule has 1 N–H and O–H groups in total. The fraction of sp³-hybridized carbons (Fsp3) is 0.333. The number of benzene rings is 1. The number of aliphatic carboxylic acids is 1. The molecule has 0 aliphatic carbocycles. The second-order valence-electron chi connectivity index (χ2n) is 4.06. The number of likely N-dealkylation sites (N-methyl/N-ethyl adjacent to an activating group) is 1. The van der Waals surface area contributed by atoms with Gasteiger partial charge in [0.15, 0.2) is 5.54 Å². The second-order valence-corrected chi connectivity index (χ2v) is 4.84. The van der Waals surface area contributed by atoms with E-state index in [0.717, 1.165) is 4.90 Å². The van der Waals surface area contributed by atoms with Gasteiger partial charge in [-0.05, 0) is 13.0 Å². The Bertz CT molecular complexity index is 504. The first-order valence-corrected chi connectivity index (χ1v) is 5.90. The summed E-state index contributed by atoms with van der Waals surface area (Å²) in [6.07, 6.45) is 0. The number of carbonyl (C=O) groups excluding carboxylic acids is 1. The van der Waals surface area contributed by atoms with E-state index >= 15 is 0 Å². The predicted molar refractivity (Wildman–Crippen MR) is 69.9 cm³/mol. The normalized spacial score (nSPS) is 13.8. The topological polar surface area (TPSA) is 57.6 Å². The van der Waals surface area contributed by atoms with Gasteiger partial charge in [0.25, 0.3) is 0 Å². The molecule has 0 aliphatic heterocycles. The molecular weight excluding hydrogens is 277 g/mol. The Balaban J connectivity index is 3.51. The number of rotatable bonds is 3. The summed E-state index contributed by atoms with van der Waals surface area (Å²) in [4.78, 5) is 24.1. The molecule has 0 heterocycles. The Morgan fingerprint density at radius 2 is 1.89 bits per heavy atom. The zero-order valence-electron chi connectivity index (χ0n) is 10.2. The lowest BCUT2D eigenvalue weighted by atomic mass is 9.90. The maximum atomic E-state index is 11.5. The third kappa shape index (κ3) is 2.31. The average molecular weight is 290 g/mol. The lowest BCUT2D eigenvalue weighted by Crippen LogP contribution is -2.50. The van der Waals surface area contributed by atoms with Gasteiger partial charge in [-0.2, -0.15) is 0 Å². The van der Waals surface area contributed by atoms with Crippen LogP contribution in [-0.4, -0.2) is 28.9 Å². The van der Waals surface area contributed by atoms with Crippen LogP contribution < -0.4 is 0 Å². The Morgan fingerprint density at radius 3 is 2.33 bits per heavy atom. The summed E-state index contributed by atoms with van der Waals surface area (Å²) in [6.45, 7) is 2.70. The van der Waals surface area contributed by atoms with Gasteiger partial charge < -0.3 is 10.0 Å². The molecule has 0 fully saturated rings. The monoisotopic (exact) mass is 289 g/mol. The molecule has 18 heavy (non-hydrogen) atoms. The maximum absolute atomic E-state index is 11.5. The van der Waals surface area contributed by atoms with Crippen molar-refractivity contribution in [3.05, 3.63) is 33.8 Å². The summed E-state index contributed by atoms with van der Waals surface area (Å²) in [5.41, 5.74) is -1.28. The van der Waals surface area contributed by atoms with E-state index in [4.69, 9.17) is 23.2 Å². The molecule has 98 valence electrons. The molecule has 1 aromatic carbocycles. The van der Waals surface area contributed by atoms with Crippen LogP contribution in [-0.2, 0) is 15.1 Å². The highest BCUT2D eigenvalue weighted by molar-refractivity contribution is 6.42. The smallest absolute Gasteiger partial charge is 0.334 e. The highest BCUT2D eigenvalue weighted by Gasteiger charge is 2.42. The average Bonchev–Trinajstić information content (AvgIpc) is 2.30. The number of hydrogen-bond donors (Lipinski definition) is 1. The zero-order chi connectivity index (χ0) is 14.1. The number of carboxylic acids is 1. The van der Waals surface area contributed by atoms with Crippen molar-refractivity contribution in [1.29, 1.82) is 0 Å². The number of hydrogen-bond acceptors (Lipinski definition) is 2. The predicted octanol–water partition coefficient (Wildman–Crippen LogP) is 2.77. The van der Waals surface area contributed by atoms with E-state index in [-0.39, 0.29) is 21.5 Å². The van der Waals surface area contributed by atoms with Gasteiger partial charge in [0.1, 0.15) is 0 Å².